The molecular weight excluding hydrogens is 720 g/mol. The van der Waals surface area contributed by atoms with Crippen molar-refractivity contribution in [2.24, 2.45) is 0 Å². The van der Waals surface area contributed by atoms with Crippen molar-refractivity contribution in [3.8, 4) is 33.4 Å². The molecule has 6 aromatic rings. The summed E-state index contributed by atoms with van der Waals surface area (Å²) in [6.07, 6.45) is 9.35. The molecule has 6 aromatic carbocycles. The van der Waals surface area contributed by atoms with E-state index in [-0.39, 0.29) is 10.8 Å². The second-order valence-electron chi connectivity index (χ2n) is 16.5. The molecule has 8 rings (SSSR count). The van der Waals surface area contributed by atoms with Gasteiger partial charge in [0.15, 0.2) is 0 Å². The van der Waals surface area contributed by atoms with Gasteiger partial charge in [0.25, 0.3) is 0 Å². The molecule has 2 aliphatic rings. The van der Waals surface area contributed by atoms with Crippen molar-refractivity contribution in [2.45, 2.75) is 65.2 Å². The van der Waals surface area contributed by atoms with Gasteiger partial charge in [-0.25, -0.2) is 0 Å². The maximum atomic E-state index is 2.63. The van der Waals surface area contributed by atoms with Gasteiger partial charge in [-0.2, -0.15) is 0 Å². The van der Waals surface area contributed by atoms with Crippen LogP contribution in [0.1, 0.15) is 70.2 Å². The average Bonchev–Trinajstić information content (AvgIpc) is 3.82. The average molecular weight is 768 g/mol. The summed E-state index contributed by atoms with van der Waals surface area (Å²) in [5.41, 5.74) is 13.3. The number of hydrogen-bond acceptors (Lipinski definition) is 0. The first-order valence-corrected chi connectivity index (χ1v) is 26.4. The van der Waals surface area contributed by atoms with Crippen LogP contribution < -0.4 is 13.6 Å². The Morgan fingerprint density at radius 2 is 1.06 bits per heavy atom. The Labute approximate surface area is 319 Å². The summed E-state index contributed by atoms with van der Waals surface area (Å²) in [7, 11) is 0. The van der Waals surface area contributed by atoms with E-state index < -0.39 is 25.8 Å². The molecule has 0 radical (unpaired) electrons. The summed E-state index contributed by atoms with van der Waals surface area (Å²) in [5, 5.41) is 3.10. The topological polar surface area (TPSA) is 0 Å². The van der Waals surface area contributed by atoms with Crippen LogP contribution in [0.5, 0.6) is 0 Å². The molecule has 52 heavy (non-hydrogen) atoms. The maximum absolute atomic E-state index is 2.81. The van der Waals surface area contributed by atoms with E-state index in [1.54, 1.807) is 22.5 Å². The van der Waals surface area contributed by atoms with Crippen LogP contribution in [0.3, 0.4) is 0 Å². The quantitative estimate of drug-likeness (QED) is 0.148. The van der Waals surface area contributed by atoms with Crippen molar-refractivity contribution < 1.29 is 20.4 Å². The van der Waals surface area contributed by atoms with Crippen molar-refractivity contribution in [2.75, 3.05) is 0 Å². The van der Waals surface area contributed by atoms with Crippen molar-refractivity contribution in [3.63, 3.8) is 0 Å². The molecule has 256 valence electrons. The summed E-state index contributed by atoms with van der Waals surface area (Å²) in [6.45, 7) is 14.4. The molecule has 0 atom stereocenters. The molecule has 2 aliphatic carbocycles. The minimum absolute atomic E-state index is 0.000657. The van der Waals surface area contributed by atoms with Gasteiger partial charge in [-0.1, -0.05) is 0 Å². The molecule has 0 heterocycles. The Morgan fingerprint density at radius 3 is 1.58 bits per heavy atom. The molecule has 2 heteroatoms. The summed E-state index contributed by atoms with van der Waals surface area (Å²) in [5.74, 6) is 0. The summed E-state index contributed by atoms with van der Waals surface area (Å²) in [6, 6.07) is 53.5. The third kappa shape index (κ3) is 6.55. The van der Waals surface area contributed by atoms with Crippen LogP contribution in [0.15, 0.2) is 161 Å². The fourth-order valence-corrected chi connectivity index (χ4v) is 29.4. The van der Waals surface area contributed by atoms with Crippen LogP contribution in [-0.2, 0) is 37.6 Å². The fourth-order valence-electron chi connectivity index (χ4n) is 8.37. The second-order valence-corrected chi connectivity index (χ2v) is 29.7. The zero-order valence-corrected chi connectivity index (χ0v) is 34.9. The minimum atomic E-state index is -2.81. The molecule has 0 nitrogen and oxygen atoms in total. The first-order chi connectivity index (χ1) is 25.1. The molecule has 0 N–H and O–H groups in total. The van der Waals surface area contributed by atoms with Gasteiger partial charge in [-0.05, 0) is 0 Å². The number of allylic oxidation sites excluding steroid dienone is 4. The molecule has 0 fully saturated rings. The van der Waals surface area contributed by atoms with E-state index in [0.717, 1.165) is 12.8 Å². The molecule has 0 aromatic heterocycles. The SMILES string of the molecule is CC(C)(C)c1cc2c(cc1-c1ccccc1)Cc1c-2cc(C(C)(C)C)c(-c2ccccc2)[c]1[Zr]([C]1=CC=CC1)=[Si](c1ccccc1)c1ccccc1. The van der Waals surface area contributed by atoms with Crippen LogP contribution in [-0.4, -0.2) is 5.43 Å². The Hall–Kier alpha value is -4.10. The van der Waals surface area contributed by atoms with Crippen LogP contribution in [0.2, 0.25) is 0 Å². The summed E-state index contributed by atoms with van der Waals surface area (Å²) in [4.78, 5) is 0. The van der Waals surface area contributed by atoms with E-state index in [9.17, 15) is 0 Å². The predicted molar refractivity (Wildman–Crippen MR) is 222 cm³/mol. The van der Waals surface area contributed by atoms with Crippen LogP contribution >= 0.6 is 0 Å². The number of benzene rings is 6. The first kappa shape index (κ1) is 35.0. The number of rotatable bonds is 6. The van der Waals surface area contributed by atoms with Gasteiger partial charge in [0.1, 0.15) is 0 Å². The Balaban J connectivity index is 1.55. The van der Waals surface area contributed by atoms with Gasteiger partial charge in [-0.3, -0.25) is 0 Å². The van der Waals surface area contributed by atoms with Crippen molar-refractivity contribution in [1.29, 1.82) is 0 Å². The van der Waals surface area contributed by atoms with Gasteiger partial charge < -0.3 is 0 Å². The van der Waals surface area contributed by atoms with Crippen LogP contribution in [0, 0.1) is 0 Å². The molecule has 0 unspecified atom stereocenters. The van der Waals surface area contributed by atoms with E-state index in [1.807, 2.05) is 0 Å². The van der Waals surface area contributed by atoms with Crippen molar-refractivity contribution >= 4 is 19.1 Å². The second kappa shape index (κ2) is 14.0. The third-order valence-corrected chi connectivity index (χ3v) is 29.5. The zero-order valence-electron chi connectivity index (χ0n) is 31.4. The van der Waals surface area contributed by atoms with Gasteiger partial charge in [0, 0.05) is 0 Å². The van der Waals surface area contributed by atoms with E-state index in [2.05, 4.69) is 199 Å². The van der Waals surface area contributed by atoms with E-state index in [4.69, 9.17) is 0 Å². The van der Waals surface area contributed by atoms with E-state index in [1.165, 1.54) is 50.1 Å². The summed E-state index contributed by atoms with van der Waals surface area (Å²) < 4.78 is 3.47. The normalized spacial score (nSPS) is 13.5. The Bertz CT molecular complexity index is 2330. The Kier molecular flexibility index (Phi) is 9.44. The zero-order chi connectivity index (χ0) is 36.0. The van der Waals surface area contributed by atoms with E-state index >= 15 is 0 Å². The predicted octanol–water partition coefficient (Wildman–Crippen LogP) is 11.1. The van der Waals surface area contributed by atoms with Crippen LogP contribution in [0.25, 0.3) is 33.4 Å². The van der Waals surface area contributed by atoms with Crippen molar-refractivity contribution in [1.82, 2.24) is 0 Å². The number of hydrogen-bond donors (Lipinski definition) is 0. The Morgan fingerprint density at radius 1 is 0.538 bits per heavy atom. The molecule has 0 saturated carbocycles. The van der Waals surface area contributed by atoms with Gasteiger partial charge in [0.05, 0.1) is 0 Å². The number of fused-ring (bicyclic) bond motifs is 3. The first-order valence-electron chi connectivity index (χ1n) is 18.8. The van der Waals surface area contributed by atoms with Gasteiger partial charge >= 0.3 is 321 Å². The van der Waals surface area contributed by atoms with Crippen molar-refractivity contribution in [3.05, 3.63) is 183 Å². The molecule has 0 bridgehead atoms. The molecule has 0 aliphatic heterocycles. The monoisotopic (exact) mass is 766 g/mol. The molecule has 0 saturated heterocycles. The molecule has 0 amide bonds. The van der Waals surface area contributed by atoms with Gasteiger partial charge in [0.2, 0.25) is 0 Å². The van der Waals surface area contributed by atoms with Gasteiger partial charge in [-0.15, -0.1) is 0 Å². The molecular formula is C50H48SiZr. The third-order valence-electron chi connectivity index (χ3n) is 10.8. The fraction of sp³-hybridized carbons (Fsp3) is 0.200. The van der Waals surface area contributed by atoms with E-state index in [0.29, 0.717) is 0 Å². The van der Waals surface area contributed by atoms with Crippen LogP contribution in [0.4, 0.5) is 0 Å². The standard InChI is InChI=1S/C33H33.C12H10Si.C5H5.Zr/c1-32(2,3)30-20-26-24(18-28(30)22-13-9-7-10-14-22)17-25-19-29(23-15-11-8-12-16-23)31(21-27(25)26)33(4,5)6;1-3-7-11(8-4-1)13-12-9-5-2-6-10-12;1-2-4-5-3-1;/h7-16,18,20-21H,17H2,1-6H3;1-10H;1-3H,4H2;. The molecule has 0 spiro atoms. The summed E-state index contributed by atoms with van der Waals surface area (Å²) >= 11 is -2.81.